The number of para-hydroxylation sites is 1. The fourth-order valence-corrected chi connectivity index (χ4v) is 2.26. The first-order chi connectivity index (χ1) is 11.1. The smallest absolute Gasteiger partial charge is 0.224 e. The van der Waals surface area contributed by atoms with Crippen LogP contribution >= 0.6 is 0 Å². The van der Waals surface area contributed by atoms with Crippen molar-refractivity contribution in [3.63, 3.8) is 0 Å². The number of hydrogen-bond acceptors (Lipinski definition) is 3. The largest absolute Gasteiger partial charge is 0.493 e. The third-order valence-corrected chi connectivity index (χ3v) is 3.47. The van der Waals surface area contributed by atoms with Gasteiger partial charge >= 0.3 is 0 Å². The maximum atomic E-state index is 13.5. The number of hydrogen-bond donors (Lipinski definition) is 1. The molecule has 0 aliphatic heterocycles. The first kappa shape index (κ1) is 16.8. The molecule has 0 atom stereocenters. The normalized spacial score (nSPS) is 10.2. The Morgan fingerprint density at radius 1 is 1.09 bits per heavy atom. The number of methoxy groups -OCH3 is 2. The summed E-state index contributed by atoms with van der Waals surface area (Å²) in [6.45, 7) is 0. The lowest BCUT2D eigenvalue weighted by Crippen LogP contribution is -2.12. The Labute approximate surface area is 135 Å². The Morgan fingerprint density at radius 2 is 1.83 bits per heavy atom. The van der Waals surface area contributed by atoms with Gasteiger partial charge in [0.15, 0.2) is 11.5 Å². The van der Waals surface area contributed by atoms with Crippen LogP contribution in [0, 0.1) is 5.82 Å². The summed E-state index contributed by atoms with van der Waals surface area (Å²) in [5.41, 5.74) is 1.27. The van der Waals surface area contributed by atoms with Gasteiger partial charge in [-0.15, -0.1) is 0 Å². The van der Waals surface area contributed by atoms with Crippen molar-refractivity contribution in [3.8, 4) is 11.5 Å². The lowest BCUT2D eigenvalue weighted by molar-refractivity contribution is -0.116. The van der Waals surface area contributed by atoms with E-state index in [1.165, 1.54) is 6.07 Å². The van der Waals surface area contributed by atoms with E-state index in [-0.39, 0.29) is 11.6 Å². The van der Waals surface area contributed by atoms with Gasteiger partial charge in [-0.2, -0.15) is 0 Å². The molecule has 0 spiro atoms. The molecule has 0 fully saturated rings. The van der Waals surface area contributed by atoms with Gasteiger partial charge in [0.2, 0.25) is 5.91 Å². The van der Waals surface area contributed by atoms with Crippen molar-refractivity contribution in [1.29, 1.82) is 0 Å². The number of benzene rings is 2. The van der Waals surface area contributed by atoms with E-state index in [0.29, 0.717) is 24.3 Å². The Kier molecular flexibility index (Phi) is 5.97. The predicted octanol–water partition coefficient (Wildman–Crippen LogP) is 3.80. The van der Waals surface area contributed by atoms with Gasteiger partial charge in [0, 0.05) is 6.42 Å². The second-order valence-corrected chi connectivity index (χ2v) is 5.07. The molecule has 0 aliphatic rings. The molecule has 0 heterocycles. The molecule has 2 aromatic rings. The Bertz CT molecular complexity index is 673. The van der Waals surface area contributed by atoms with E-state index < -0.39 is 5.82 Å². The van der Waals surface area contributed by atoms with Crippen LogP contribution in [0.2, 0.25) is 0 Å². The summed E-state index contributed by atoms with van der Waals surface area (Å²) in [6.07, 6.45) is 1.71. The van der Waals surface area contributed by atoms with E-state index in [1.807, 2.05) is 18.2 Å². The number of ether oxygens (including phenoxy) is 2. The van der Waals surface area contributed by atoms with Gasteiger partial charge in [-0.05, 0) is 42.7 Å². The first-order valence-corrected chi connectivity index (χ1v) is 7.39. The Balaban J connectivity index is 1.85. The third kappa shape index (κ3) is 4.71. The van der Waals surface area contributed by atoms with Gasteiger partial charge in [0.25, 0.3) is 0 Å². The van der Waals surface area contributed by atoms with E-state index in [2.05, 4.69) is 5.32 Å². The molecule has 0 saturated carbocycles. The van der Waals surface area contributed by atoms with Crippen LogP contribution in [0.3, 0.4) is 0 Å². The minimum absolute atomic E-state index is 0.199. The fraction of sp³-hybridized carbons (Fsp3) is 0.278. The highest BCUT2D eigenvalue weighted by molar-refractivity contribution is 5.90. The van der Waals surface area contributed by atoms with Crippen LogP contribution in [-0.2, 0) is 11.2 Å². The number of carbonyl (C=O) groups excluding carboxylic acids is 1. The third-order valence-electron chi connectivity index (χ3n) is 3.47. The van der Waals surface area contributed by atoms with Crippen molar-refractivity contribution in [1.82, 2.24) is 0 Å². The topological polar surface area (TPSA) is 47.6 Å². The van der Waals surface area contributed by atoms with Crippen molar-refractivity contribution in [3.05, 3.63) is 53.8 Å². The molecule has 23 heavy (non-hydrogen) atoms. The molecule has 2 rings (SSSR count). The summed E-state index contributed by atoms with van der Waals surface area (Å²) in [5, 5.41) is 2.58. The standard InChI is InChI=1S/C18H20FNO3/c1-22-16-11-10-13(12-17(16)23-2)6-5-9-18(21)20-15-8-4-3-7-14(15)19/h3-4,7-8,10-12H,5-6,9H2,1-2H3,(H,20,21). The number of carbonyl (C=O) groups is 1. The number of anilines is 1. The molecular weight excluding hydrogens is 297 g/mol. The van der Waals surface area contributed by atoms with E-state index in [9.17, 15) is 9.18 Å². The second-order valence-electron chi connectivity index (χ2n) is 5.07. The molecule has 4 nitrogen and oxygen atoms in total. The van der Waals surface area contributed by atoms with Gasteiger partial charge in [-0.25, -0.2) is 4.39 Å². The molecule has 1 amide bonds. The molecule has 2 aromatic carbocycles. The van der Waals surface area contributed by atoms with E-state index in [4.69, 9.17) is 9.47 Å². The van der Waals surface area contributed by atoms with E-state index >= 15 is 0 Å². The second kappa shape index (κ2) is 8.17. The van der Waals surface area contributed by atoms with E-state index in [0.717, 1.165) is 12.0 Å². The zero-order valence-corrected chi connectivity index (χ0v) is 13.3. The highest BCUT2D eigenvalue weighted by Crippen LogP contribution is 2.28. The van der Waals surface area contributed by atoms with Crippen molar-refractivity contribution in [2.45, 2.75) is 19.3 Å². The minimum atomic E-state index is -0.430. The summed E-state index contributed by atoms with van der Waals surface area (Å²) in [6, 6.07) is 11.8. The van der Waals surface area contributed by atoms with Gasteiger partial charge in [0.1, 0.15) is 5.82 Å². The lowest BCUT2D eigenvalue weighted by atomic mass is 10.1. The van der Waals surface area contributed by atoms with Crippen LogP contribution in [0.25, 0.3) is 0 Å². The van der Waals surface area contributed by atoms with Gasteiger partial charge in [-0.1, -0.05) is 18.2 Å². The molecular formula is C18H20FNO3. The molecule has 1 N–H and O–H groups in total. The van der Waals surface area contributed by atoms with Gasteiger partial charge < -0.3 is 14.8 Å². The maximum Gasteiger partial charge on any atom is 0.224 e. The van der Waals surface area contributed by atoms with Gasteiger partial charge in [0.05, 0.1) is 19.9 Å². The summed E-state index contributed by atoms with van der Waals surface area (Å²) >= 11 is 0. The quantitative estimate of drug-likeness (QED) is 0.845. The number of amides is 1. The van der Waals surface area contributed by atoms with Crippen LogP contribution in [-0.4, -0.2) is 20.1 Å². The average molecular weight is 317 g/mol. The van der Waals surface area contributed by atoms with E-state index in [1.54, 1.807) is 32.4 Å². The molecule has 0 radical (unpaired) electrons. The predicted molar refractivity (Wildman–Crippen MR) is 87.5 cm³/mol. The van der Waals surface area contributed by atoms with Crippen LogP contribution in [0.1, 0.15) is 18.4 Å². The summed E-state index contributed by atoms with van der Waals surface area (Å²) in [4.78, 5) is 11.9. The summed E-state index contributed by atoms with van der Waals surface area (Å²) in [5.74, 6) is 0.714. The average Bonchev–Trinajstić information content (AvgIpc) is 2.56. The molecule has 122 valence electrons. The summed E-state index contributed by atoms with van der Waals surface area (Å²) in [7, 11) is 3.17. The number of nitrogens with one attached hydrogen (secondary N) is 1. The van der Waals surface area contributed by atoms with Gasteiger partial charge in [-0.3, -0.25) is 4.79 Å². The zero-order chi connectivity index (χ0) is 16.7. The van der Waals surface area contributed by atoms with Crippen LogP contribution in [0.15, 0.2) is 42.5 Å². The highest BCUT2D eigenvalue weighted by Gasteiger charge is 2.08. The van der Waals surface area contributed by atoms with Crippen LogP contribution in [0.5, 0.6) is 11.5 Å². The SMILES string of the molecule is COc1ccc(CCCC(=O)Nc2ccccc2F)cc1OC. The summed E-state index contributed by atoms with van der Waals surface area (Å²) < 4.78 is 23.9. The molecule has 0 aliphatic carbocycles. The molecule has 5 heteroatoms. The van der Waals surface area contributed by atoms with Crippen molar-refractivity contribution in [2.24, 2.45) is 0 Å². The maximum absolute atomic E-state index is 13.5. The monoisotopic (exact) mass is 317 g/mol. The van der Waals surface area contributed by atoms with Crippen molar-refractivity contribution in [2.75, 3.05) is 19.5 Å². The fourth-order valence-electron chi connectivity index (χ4n) is 2.26. The Morgan fingerprint density at radius 3 is 2.52 bits per heavy atom. The first-order valence-electron chi connectivity index (χ1n) is 7.39. The zero-order valence-electron chi connectivity index (χ0n) is 13.3. The highest BCUT2D eigenvalue weighted by atomic mass is 19.1. The van der Waals surface area contributed by atoms with Crippen molar-refractivity contribution < 1.29 is 18.7 Å². The molecule has 0 bridgehead atoms. The number of rotatable bonds is 7. The Hall–Kier alpha value is -2.56. The number of aryl methyl sites for hydroxylation is 1. The number of halogens is 1. The molecule has 0 saturated heterocycles. The van der Waals surface area contributed by atoms with Crippen LogP contribution < -0.4 is 14.8 Å². The minimum Gasteiger partial charge on any atom is -0.493 e. The molecule has 0 aromatic heterocycles. The van der Waals surface area contributed by atoms with Crippen LogP contribution in [0.4, 0.5) is 10.1 Å². The van der Waals surface area contributed by atoms with Crippen molar-refractivity contribution >= 4 is 11.6 Å². The lowest BCUT2D eigenvalue weighted by Gasteiger charge is -2.10. The molecule has 0 unspecified atom stereocenters.